The van der Waals surface area contributed by atoms with Crippen molar-refractivity contribution >= 4 is 76.4 Å². The third-order valence-electron chi connectivity index (χ3n) is 10.1. The Hall–Kier alpha value is -6.58. The zero-order valence-electron chi connectivity index (χ0n) is 26.2. The van der Waals surface area contributed by atoms with Crippen molar-refractivity contribution in [3.63, 3.8) is 0 Å². The molecule has 11 aromatic rings. The molecule has 0 bridgehead atoms. The standard InChI is InChI=1S/C46H26O3/c1-2-11-27(12-3-1)38-26-47-41-25-43-36(24-37(38)41)29-22-21-28(23-42(29)49-43)44-30-13-4-6-15-32(30)45(33-16-7-5-14-31(33)44)35-18-10-20-40-46(35)34-17-8-9-19-39(34)48-40/h1-26H. The largest absolute Gasteiger partial charge is 0.464 e. The predicted octanol–water partition coefficient (Wildman–Crippen LogP) is 13.5. The summed E-state index contributed by atoms with van der Waals surface area (Å²) >= 11 is 0. The maximum Gasteiger partial charge on any atom is 0.139 e. The highest BCUT2D eigenvalue weighted by Gasteiger charge is 2.21. The van der Waals surface area contributed by atoms with Crippen LogP contribution in [-0.2, 0) is 0 Å². The Morgan fingerprint density at radius 3 is 1.71 bits per heavy atom. The Kier molecular flexibility index (Phi) is 5.38. The lowest BCUT2D eigenvalue weighted by atomic mass is 9.85. The Bertz CT molecular complexity index is 3040. The van der Waals surface area contributed by atoms with Crippen LogP contribution >= 0.6 is 0 Å². The monoisotopic (exact) mass is 626 g/mol. The molecule has 0 atom stereocenters. The van der Waals surface area contributed by atoms with Crippen molar-refractivity contribution < 1.29 is 13.3 Å². The first-order valence-corrected chi connectivity index (χ1v) is 16.6. The maximum atomic E-state index is 6.56. The molecule has 8 aromatic carbocycles. The minimum Gasteiger partial charge on any atom is -0.464 e. The number of furan rings is 3. The summed E-state index contributed by atoms with van der Waals surface area (Å²) in [7, 11) is 0. The van der Waals surface area contributed by atoms with E-state index in [1.54, 1.807) is 0 Å². The van der Waals surface area contributed by atoms with Crippen LogP contribution in [0, 0.1) is 0 Å². The van der Waals surface area contributed by atoms with E-state index in [-0.39, 0.29) is 0 Å². The second-order valence-corrected chi connectivity index (χ2v) is 12.8. The second-order valence-electron chi connectivity index (χ2n) is 12.8. The molecule has 0 aliphatic heterocycles. The minimum atomic E-state index is 0.818. The van der Waals surface area contributed by atoms with Crippen molar-refractivity contribution in [1.82, 2.24) is 0 Å². The van der Waals surface area contributed by atoms with Gasteiger partial charge in [-0.1, -0.05) is 115 Å². The summed E-state index contributed by atoms with van der Waals surface area (Å²) in [5.74, 6) is 0. The molecular formula is C46H26O3. The van der Waals surface area contributed by atoms with Gasteiger partial charge >= 0.3 is 0 Å². The van der Waals surface area contributed by atoms with E-state index < -0.39 is 0 Å². The molecular weight excluding hydrogens is 601 g/mol. The van der Waals surface area contributed by atoms with Gasteiger partial charge in [0.25, 0.3) is 0 Å². The number of hydrogen-bond donors (Lipinski definition) is 0. The third kappa shape index (κ3) is 3.78. The van der Waals surface area contributed by atoms with Gasteiger partial charge in [-0.2, -0.15) is 0 Å². The average Bonchev–Trinajstić information content (AvgIpc) is 3.85. The van der Waals surface area contributed by atoms with Crippen molar-refractivity contribution in [2.24, 2.45) is 0 Å². The molecule has 0 N–H and O–H groups in total. The Labute approximate surface area is 280 Å². The van der Waals surface area contributed by atoms with Crippen LogP contribution in [0.1, 0.15) is 0 Å². The number of fused-ring (bicyclic) bond motifs is 9. The van der Waals surface area contributed by atoms with Crippen molar-refractivity contribution in [1.29, 1.82) is 0 Å². The summed E-state index contributed by atoms with van der Waals surface area (Å²) < 4.78 is 18.9. The molecule has 0 aliphatic rings. The summed E-state index contributed by atoms with van der Waals surface area (Å²) in [6.45, 7) is 0. The number of benzene rings is 8. The molecule has 0 amide bonds. The van der Waals surface area contributed by atoms with Crippen LogP contribution in [-0.4, -0.2) is 0 Å². The molecule has 0 aliphatic carbocycles. The molecule has 0 saturated heterocycles. The zero-order valence-corrected chi connectivity index (χ0v) is 26.2. The van der Waals surface area contributed by atoms with Crippen LogP contribution in [0.3, 0.4) is 0 Å². The van der Waals surface area contributed by atoms with Gasteiger partial charge < -0.3 is 13.3 Å². The maximum absolute atomic E-state index is 6.56. The van der Waals surface area contributed by atoms with E-state index in [0.29, 0.717) is 0 Å². The lowest BCUT2D eigenvalue weighted by molar-refractivity contribution is 0.614. The lowest BCUT2D eigenvalue weighted by Gasteiger charge is -2.18. The van der Waals surface area contributed by atoms with Gasteiger partial charge in [0.1, 0.15) is 27.9 Å². The zero-order chi connectivity index (χ0) is 32.1. The van der Waals surface area contributed by atoms with Gasteiger partial charge in [-0.25, -0.2) is 0 Å². The topological polar surface area (TPSA) is 39.4 Å². The molecule has 3 aromatic heterocycles. The van der Waals surface area contributed by atoms with E-state index in [0.717, 1.165) is 71.5 Å². The molecule has 3 heterocycles. The van der Waals surface area contributed by atoms with Crippen molar-refractivity contribution in [3.05, 3.63) is 158 Å². The van der Waals surface area contributed by atoms with Crippen LogP contribution < -0.4 is 0 Å². The van der Waals surface area contributed by atoms with Crippen LogP contribution in [0.15, 0.2) is 171 Å². The van der Waals surface area contributed by atoms with Gasteiger partial charge in [-0.15, -0.1) is 0 Å². The highest BCUT2D eigenvalue weighted by molar-refractivity contribution is 6.26. The van der Waals surface area contributed by atoms with E-state index in [9.17, 15) is 0 Å². The molecule has 228 valence electrons. The van der Waals surface area contributed by atoms with Gasteiger partial charge in [0.15, 0.2) is 0 Å². The molecule has 0 radical (unpaired) electrons. The van der Waals surface area contributed by atoms with E-state index in [4.69, 9.17) is 13.3 Å². The highest BCUT2D eigenvalue weighted by Crippen LogP contribution is 2.47. The lowest BCUT2D eigenvalue weighted by Crippen LogP contribution is -1.91. The summed E-state index contributed by atoms with van der Waals surface area (Å²) in [6, 6.07) is 53.5. The Morgan fingerprint density at radius 2 is 0.939 bits per heavy atom. The number of rotatable bonds is 3. The molecule has 0 spiro atoms. The Morgan fingerprint density at radius 1 is 0.306 bits per heavy atom. The van der Waals surface area contributed by atoms with E-state index in [1.165, 1.54) is 38.2 Å². The van der Waals surface area contributed by atoms with Crippen LogP contribution in [0.5, 0.6) is 0 Å². The summed E-state index contributed by atoms with van der Waals surface area (Å²) in [5.41, 5.74) is 11.2. The fourth-order valence-corrected chi connectivity index (χ4v) is 8.01. The van der Waals surface area contributed by atoms with Gasteiger partial charge in [0.05, 0.1) is 6.26 Å². The van der Waals surface area contributed by atoms with Gasteiger partial charge in [-0.05, 0) is 79.7 Å². The van der Waals surface area contributed by atoms with Crippen molar-refractivity contribution in [2.75, 3.05) is 0 Å². The molecule has 49 heavy (non-hydrogen) atoms. The van der Waals surface area contributed by atoms with Crippen molar-refractivity contribution in [3.8, 4) is 33.4 Å². The first-order valence-electron chi connectivity index (χ1n) is 16.6. The molecule has 11 rings (SSSR count). The average molecular weight is 627 g/mol. The fraction of sp³-hybridized carbons (Fsp3) is 0. The van der Waals surface area contributed by atoms with Crippen molar-refractivity contribution in [2.45, 2.75) is 0 Å². The SMILES string of the molecule is c1ccc(-c2coc3cc4oc5cc(-c6c7ccccc7c(-c7cccc8oc9ccccc9c78)c7ccccc67)ccc5c4cc23)cc1. The number of para-hydroxylation sites is 1. The quantitative estimate of drug-likeness (QED) is 0.183. The fourth-order valence-electron chi connectivity index (χ4n) is 8.01. The molecule has 0 fully saturated rings. The summed E-state index contributed by atoms with van der Waals surface area (Å²) in [4.78, 5) is 0. The number of hydrogen-bond acceptors (Lipinski definition) is 3. The molecule has 0 saturated carbocycles. The highest BCUT2D eigenvalue weighted by atomic mass is 16.3. The summed E-state index contributed by atoms with van der Waals surface area (Å²) in [5, 5.41) is 10.3. The molecule has 3 nitrogen and oxygen atoms in total. The van der Waals surface area contributed by atoms with Crippen LogP contribution in [0.4, 0.5) is 0 Å². The summed E-state index contributed by atoms with van der Waals surface area (Å²) in [6.07, 6.45) is 1.84. The van der Waals surface area contributed by atoms with Crippen LogP contribution in [0.2, 0.25) is 0 Å². The Balaban J connectivity index is 1.17. The van der Waals surface area contributed by atoms with E-state index >= 15 is 0 Å². The molecule has 0 unspecified atom stereocenters. The first kappa shape index (κ1) is 26.5. The minimum absolute atomic E-state index is 0.818. The first-order chi connectivity index (χ1) is 24.3. The second kappa shape index (κ2) is 9.96. The third-order valence-corrected chi connectivity index (χ3v) is 10.1. The van der Waals surface area contributed by atoms with Gasteiger partial charge in [0.2, 0.25) is 0 Å². The van der Waals surface area contributed by atoms with E-state index in [2.05, 4.69) is 127 Å². The predicted molar refractivity (Wildman–Crippen MR) is 202 cm³/mol. The van der Waals surface area contributed by atoms with Gasteiger partial charge in [0, 0.05) is 38.6 Å². The molecule has 3 heteroatoms. The normalized spacial score (nSPS) is 12.1. The van der Waals surface area contributed by atoms with Gasteiger partial charge in [-0.3, -0.25) is 0 Å². The smallest absolute Gasteiger partial charge is 0.139 e. The van der Waals surface area contributed by atoms with Crippen LogP contribution in [0.25, 0.3) is 110 Å². The van der Waals surface area contributed by atoms with E-state index in [1.807, 2.05) is 30.5 Å².